The highest BCUT2D eigenvalue weighted by Gasteiger charge is 2.64. The van der Waals surface area contributed by atoms with E-state index >= 15 is 0 Å². The van der Waals surface area contributed by atoms with E-state index in [2.05, 4.69) is 59.1 Å². The van der Waals surface area contributed by atoms with Gasteiger partial charge < -0.3 is 10.6 Å². The van der Waals surface area contributed by atoms with Crippen LogP contribution in [0, 0.1) is 16.7 Å². The Kier molecular flexibility index (Phi) is 3.64. The molecule has 0 bridgehead atoms. The van der Waals surface area contributed by atoms with Gasteiger partial charge in [0.25, 0.3) is 0 Å². The molecule has 100 valence electrons. The normalized spacial score (nSPS) is 22.3. The molecule has 0 atom stereocenters. The van der Waals surface area contributed by atoms with Crippen LogP contribution in [-0.2, 0) is 4.79 Å². The molecule has 1 amide bonds. The van der Waals surface area contributed by atoms with E-state index in [1.807, 2.05) is 0 Å². The maximum Gasteiger partial charge on any atom is 0.233 e. The minimum Gasteiger partial charge on any atom is -0.355 e. The molecule has 3 nitrogen and oxygen atoms in total. The monoisotopic (exact) mass is 240 g/mol. The Balaban J connectivity index is 2.27. The molecule has 0 heterocycles. The molecule has 0 saturated heterocycles. The van der Waals surface area contributed by atoms with Crippen molar-refractivity contribution in [1.82, 2.24) is 10.6 Å². The predicted octanol–water partition coefficient (Wildman–Crippen LogP) is 2.17. The third kappa shape index (κ3) is 3.21. The lowest BCUT2D eigenvalue weighted by Gasteiger charge is -2.20. The second-order valence-electron chi connectivity index (χ2n) is 7.40. The van der Waals surface area contributed by atoms with Gasteiger partial charge in [0, 0.05) is 12.1 Å². The molecule has 0 aliphatic heterocycles. The third-order valence-electron chi connectivity index (χ3n) is 4.60. The Hall–Kier alpha value is -0.570. The fourth-order valence-corrected chi connectivity index (χ4v) is 2.47. The van der Waals surface area contributed by atoms with E-state index in [4.69, 9.17) is 0 Å². The second kappa shape index (κ2) is 4.27. The molecule has 0 radical (unpaired) electrons. The lowest BCUT2D eigenvalue weighted by Crippen LogP contribution is -2.43. The van der Waals surface area contributed by atoms with Crippen molar-refractivity contribution in [2.75, 3.05) is 13.1 Å². The molecule has 0 aromatic heterocycles. The molecule has 1 saturated carbocycles. The minimum absolute atomic E-state index is 0.00450. The van der Waals surface area contributed by atoms with E-state index in [0.29, 0.717) is 23.3 Å². The van der Waals surface area contributed by atoms with Gasteiger partial charge in [-0.3, -0.25) is 4.79 Å². The fourth-order valence-electron chi connectivity index (χ4n) is 2.47. The molecule has 17 heavy (non-hydrogen) atoms. The summed E-state index contributed by atoms with van der Waals surface area (Å²) in [4.78, 5) is 11.7. The first-order valence-corrected chi connectivity index (χ1v) is 6.50. The summed E-state index contributed by atoms with van der Waals surface area (Å²) in [5, 5.41) is 6.22. The molecule has 1 fully saturated rings. The van der Waals surface area contributed by atoms with Crippen molar-refractivity contribution >= 4 is 5.91 Å². The van der Waals surface area contributed by atoms with Crippen LogP contribution in [0.25, 0.3) is 0 Å². The third-order valence-corrected chi connectivity index (χ3v) is 4.60. The highest BCUT2D eigenvalue weighted by atomic mass is 16.1. The summed E-state index contributed by atoms with van der Waals surface area (Å²) in [6.45, 7) is 16.5. The van der Waals surface area contributed by atoms with E-state index < -0.39 is 0 Å². The topological polar surface area (TPSA) is 41.1 Å². The van der Waals surface area contributed by atoms with Crippen molar-refractivity contribution in [2.24, 2.45) is 16.7 Å². The van der Waals surface area contributed by atoms with Crippen molar-refractivity contribution in [3.8, 4) is 0 Å². The second-order valence-corrected chi connectivity index (χ2v) is 7.40. The Labute approximate surface area is 106 Å². The van der Waals surface area contributed by atoms with Crippen molar-refractivity contribution in [3.63, 3.8) is 0 Å². The number of rotatable bonds is 4. The van der Waals surface area contributed by atoms with Gasteiger partial charge in [-0.25, -0.2) is 0 Å². The quantitative estimate of drug-likeness (QED) is 0.791. The summed E-state index contributed by atoms with van der Waals surface area (Å²) >= 11 is 0. The van der Waals surface area contributed by atoms with Crippen molar-refractivity contribution in [2.45, 2.75) is 54.0 Å². The Morgan fingerprint density at radius 3 is 1.94 bits per heavy atom. The fraction of sp³-hybridized carbons (Fsp3) is 0.929. The Morgan fingerprint density at radius 1 is 1.12 bits per heavy atom. The smallest absolute Gasteiger partial charge is 0.233 e. The maximum atomic E-state index is 11.7. The number of hydrogen-bond acceptors (Lipinski definition) is 2. The summed E-state index contributed by atoms with van der Waals surface area (Å²) in [5.74, 6) is 0.687. The standard InChI is InChI=1S/C14H28N2O/c1-12(2,3)16-9-11(17)15-8-10-13(4,5)14(10,6)7/h10,16H,8-9H2,1-7H3,(H,15,17). The molecule has 0 spiro atoms. The van der Waals surface area contributed by atoms with Crippen molar-refractivity contribution in [3.05, 3.63) is 0 Å². The van der Waals surface area contributed by atoms with Crippen LogP contribution in [0.5, 0.6) is 0 Å². The van der Waals surface area contributed by atoms with Crippen LogP contribution >= 0.6 is 0 Å². The van der Waals surface area contributed by atoms with Gasteiger partial charge in [0.1, 0.15) is 0 Å². The average Bonchev–Trinajstić information content (AvgIpc) is 2.50. The molecule has 1 aliphatic rings. The van der Waals surface area contributed by atoms with Gasteiger partial charge in [-0.15, -0.1) is 0 Å². The zero-order valence-corrected chi connectivity index (χ0v) is 12.4. The van der Waals surface area contributed by atoms with Gasteiger partial charge >= 0.3 is 0 Å². The molecule has 0 aromatic carbocycles. The largest absolute Gasteiger partial charge is 0.355 e. The van der Waals surface area contributed by atoms with Gasteiger partial charge in [0.05, 0.1) is 6.54 Å². The zero-order chi connectivity index (χ0) is 13.5. The van der Waals surface area contributed by atoms with Crippen molar-refractivity contribution < 1.29 is 4.79 Å². The molecule has 0 aromatic rings. The highest BCUT2D eigenvalue weighted by Crippen LogP contribution is 2.67. The van der Waals surface area contributed by atoms with Crippen LogP contribution in [0.1, 0.15) is 48.5 Å². The van der Waals surface area contributed by atoms with Gasteiger partial charge in [-0.05, 0) is 37.5 Å². The van der Waals surface area contributed by atoms with E-state index in [1.54, 1.807) is 0 Å². The summed E-state index contributed by atoms with van der Waals surface area (Å²) in [7, 11) is 0. The van der Waals surface area contributed by atoms with Gasteiger partial charge in [-0.1, -0.05) is 27.7 Å². The number of amides is 1. The van der Waals surface area contributed by atoms with E-state index in [1.165, 1.54) is 0 Å². The van der Waals surface area contributed by atoms with Crippen LogP contribution in [0.3, 0.4) is 0 Å². The van der Waals surface area contributed by atoms with Crippen LogP contribution in [0.2, 0.25) is 0 Å². The number of nitrogens with one attached hydrogen (secondary N) is 2. The van der Waals surface area contributed by atoms with Crippen LogP contribution in [-0.4, -0.2) is 24.5 Å². The summed E-state index contributed by atoms with van der Waals surface area (Å²) in [6, 6.07) is 0. The van der Waals surface area contributed by atoms with Gasteiger partial charge in [-0.2, -0.15) is 0 Å². The Bertz CT molecular complexity index is 286. The predicted molar refractivity (Wildman–Crippen MR) is 71.8 cm³/mol. The molecule has 0 unspecified atom stereocenters. The molecular weight excluding hydrogens is 212 g/mol. The highest BCUT2D eigenvalue weighted by molar-refractivity contribution is 5.78. The lowest BCUT2D eigenvalue weighted by molar-refractivity contribution is -0.120. The van der Waals surface area contributed by atoms with Gasteiger partial charge in [0.2, 0.25) is 5.91 Å². The van der Waals surface area contributed by atoms with Crippen LogP contribution in [0.4, 0.5) is 0 Å². The first kappa shape index (κ1) is 14.5. The SMILES string of the molecule is CC(C)(C)NCC(=O)NCC1C(C)(C)C1(C)C. The van der Waals surface area contributed by atoms with E-state index in [0.717, 1.165) is 6.54 Å². The van der Waals surface area contributed by atoms with Crippen LogP contribution in [0.15, 0.2) is 0 Å². The minimum atomic E-state index is -0.00450. The summed E-state index contributed by atoms with van der Waals surface area (Å²) in [5.41, 5.74) is 0.685. The number of hydrogen-bond donors (Lipinski definition) is 2. The zero-order valence-electron chi connectivity index (χ0n) is 12.4. The first-order valence-electron chi connectivity index (χ1n) is 6.50. The number of carbonyl (C=O) groups is 1. The van der Waals surface area contributed by atoms with E-state index in [9.17, 15) is 4.79 Å². The number of carbonyl (C=O) groups excluding carboxylic acids is 1. The maximum absolute atomic E-state index is 11.7. The summed E-state index contributed by atoms with van der Waals surface area (Å²) in [6.07, 6.45) is 0. The average molecular weight is 240 g/mol. The Morgan fingerprint density at radius 2 is 1.59 bits per heavy atom. The summed E-state index contributed by atoms with van der Waals surface area (Å²) < 4.78 is 0. The molecular formula is C14H28N2O. The van der Waals surface area contributed by atoms with Crippen LogP contribution < -0.4 is 10.6 Å². The molecule has 3 heteroatoms. The first-order chi connectivity index (χ1) is 7.48. The molecule has 1 rings (SSSR count). The molecule has 2 N–H and O–H groups in total. The van der Waals surface area contributed by atoms with Crippen molar-refractivity contribution in [1.29, 1.82) is 0 Å². The molecule has 1 aliphatic carbocycles. The van der Waals surface area contributed by atoms with E-state index in [-0.39, 0.29) is 11.4 Å². The lowest BCUT2D eigenvalue weighted by atomic mass is 10.0. The van der Waals surface area contributed by atoms with Gasteiger partial charge in [0.15, 0.2) is 0 Å².